The summed E-state index contributed by atoms with van der Waals surface area (Å²) < 4.78 is 25.0. The molecule has 0 aromatic carbocycles. The van der Waals surface area contributed by atoms with Crippen molar-refractivity contribution in [1.29, 1.82) is 0 Å². The van der Waals surface area contributed by atoms with Crippen LogP contribution < -0.4 is 10.0 Å². The molecule has 7 nitrogen and oxygen atoms in total. The van der Waals surface area contributed by atoms with Gasteiger partial charge in [0.2, 0.25) is 10.0 Å². The van der Waals surface area contributed by atoms with Crippen LogP contribution in [0.15, 0.2) is 24.5 Å². The van der Waals surface area contributed by atoms with E-state index in [4.69, 9.17) is 0 Å². The van der Waals surface area contributed by atoms with Gasteiger partial charge in [0.05, 0.1) is 12.3 Å². The third-order valence-electron chi connectivity index (χ3n) is 3.71. The highest BCUT2D eigenvalue weighted by molar-refractivity contribution is 7.88. The van der Waals surface area contributed by atoms with E-state index in [1.165, 1.54) is 0 Å². The molecule has 0 spiro atoms. The number of nitrogens with zero attached hydrogens (tertiary/aromatic N) is 2. The molecule has 1 aromatic rings. The van der Waals surface area contributed by atoms with E-state index in [2.05, 4.69) is 15.0 Å². The average molecular weight is 326 g/mol. The highest BCUT2D eigenvalue weighted by Gasteiger charge is 2.25. The van der Waals surface area contributed by atoms with E-state index in [1.807, 2.05) is 19.1 Å². The summed E-state index contributed by atoms with van der Waals surface area (Å²) in [4.78, 5) is 17.9. The van der Waals surface area contributed by atoms with E-state index in [-0.39, 0.29) is 18.1 Å². The van der Waals surface area contributed by atoms with Gasteiger partial charge in [-0.05, 0) is 37.5 Å². The number of aromatic nitrogens is 1. The number of urea groups is 1. The summed E-state index contributed by atoms with van der Waals surface area (Å²) in [6, 6.07) is 3.43. The summed E-state index contributed by atoms with van der Waals surface area (Å²) in [5.41, 5.74) is 0.997. The number of pyridine rings is 1. The van der Waals surface area contributed by atoms with Gasteiger partial charge in [0, 0.05) is 31.5 Å². The second-order valence-corrected chi connectivity index (χ2v) is 7.38. The van der Waals surface area contributed by atoms with Crippen molar-refractivity contribution in [3.63, 3.8) is 0 Å². The first kappa shape index (κ1) is 16.7. The van der Waals surface area contributed by atoms with Crippen molar-refractivity contribution in [1.82, 2.24) is 19.9 Å². The molecule has 2 heterocycles. The molecule has 122 valence electrons. The maximum absolute atomic E-state index is 12.2. The zero-order valence-corrected chi connectivity index (χ0v) is 13.6. The number of nitrogens with one attached hydrogen (secondary N) is 2. The maximum Gasteiger partial charge on any atom is 0.317 e. The molecule has 1 aliphatic rings. The Balaban J connectivity index is 1.83. The molecule has 1 aliphatic heterocycles. The third kappa shape index (κ3) is 4.96. The number of sulfonamides is 1. The van der Waals surface area contributed by atoms with E-state index in [0.717, 1.165) is 11.8 Å². The molecule has 0 saturated carbocycles. The topological polar surface area (TPSA) is 91.4 Å². The van der Waals surface area contributed by atoms with Gasteiger partial charge in [-0.15, -0.1) is 0 Å². The van der Waals surface area contributed by atoms with Crippen LogP contribution >= 0.6 is 0 Å². The summed E-state index contributed by atoms with van der Waals surface area (Å²) in [6.07, 6.45) is 5.80. The van der Waals surface area contributed by atoms with Crippen molar-refractivity contribution < 1.29 is 13.2 Å². The van der Waals surface area contributed by atoms with Crippen molar-refractivity contribution >= 4 is 16.1 Å². The first-order valence-corrected chi connectivity index (χ1v) is 9.17. The highest BCUT2D eigenvalue weighted by Crippen LogP contribution is 2.14. The lowest BCUT2D eigenvalue weighted by Gasteiger charge is -2.32. The Morgan fingerprint density at radius 1 is 1.32 bits per heavy atom. The number of rotatable bonds is 4. The van der Waals surface area contributed by atoms with Crippen LogP contribution in [-0.2, 0) is 10.0 Å². The number of likely N-dealkylation sites (tertiary alicyclic amines) is 1. The molecule has 1 saturated heterocycles. The van der Waals surface area contributed by atoms with Crippen LogP contribution in [0.25, 0.3) is 0 Å². The van der Waals surface area contributed by atoms with Crippen molar-refractivity contribution in [3.8, 4) is 0 Å². The number of hydrogen-bond donors (Lipinski definition) is 2. The molecule has 8 heteroatoms. The Morgan fingerprint density at radius 3 is 2.45 bits per heavy atom. The summed E-state index contributed by atoms with van der Waals surface area (Å²) in [6.45, 7) is 3.01. The molecule has 22 heavy (non-hydrogen) atoms. The fraction of sp³-hybridized carbons (Fsp3) is 0.571. The van der Waals surface area contributed by atoms with Gasteiger partial charge in [-0.25, -0.2) is 17.9 Å². The van der Waals surface area contributed by atoms with E-state index < -0.39 is 10.0 Å². The van der Waals surface area contributed by atoms with Crippen LogP contribution in [0.2, 0.25) is 0 Å². The normalized spacial score (nSPS) is 18.0. The Bertz CT molecular complexity index is 598. The number of amides is 2. The SMILES string of the molecule is C[C@@H](NC(=O)N1CCC(NS(C)(=O)=O)CC1)c1ccncc1. The van der Waals surface area contributed by atoms with E-state index in [0.29, 0.717) is 25.9 Å². The van der Waals surface area contributed by atoms with Crippen molar-refractivity contribution in [2.45, 2.75) is 31.8 Å². The third-order valence-corrected chi connectivity index (χ3v) is 4.47. The van der Waals surface area contributed by atoms with Gasteiger partial charge in [-0.2, -0.15) is 0 Å². The zero-order chi connectivity index (χ0) is 16.2. The molecule has 0 radical (unpaired) electrons. The number of carbonyl (C=O) groups is 1. The van der Waals surface area contributed by atoms with Gasteiger partial charge in [-0.1, -0.05) is 0 Å². The lowest BCUT2D eigenvalue weighted by atomic mass is 10.1. The van der Waals surface area contributed by atoms with Gasteiger partial charge >= 0.3 is 6.03 Å². The lowest BCUT2D eigenvalue weighted by molar-refractivity contribution is 0.177. The quantitative estimate of drug-likeness (QED) is 0.859. The second kappa shape index (κ2) is 7.06. The van der Waals surface area contributed by atoms with E-state index >= 15 is 0 Å². The Kier molecular flexibility index (Phi) is 5.36. The fourth-order valence-corrected chi connectivity index (χ4v) is 3.36. The molecule has 2 amide bonds. The molecule has 0 bridgehead atoms. The highest BCUT2D eigenvalue weighted by atomic mass is 32.2. The molecule has 0 unspecified atom stereocenters. The largest absolute Gasteiger partial charge is 0.331 e. The minimum absolute atomic E-state index is 0.0864. The monoisotopic (exact) mass is 326 g/mol. The van der Waals surface area contributed by atoms with Crippen molar-refractivity contribution in [3.05, 3.63) is 30.1 Å². The van der Waals surface area contributed by atoms with Crippen LogP contribution in [0.4, 0.5) is 4.79 Å². The predicted molar refractivity (Wildman–Crippen MR) is 83.8 cm³/mol. The van der Waals surface area contributed by atoms with Gasteiger partial charge in [-0.3, -0.25) is 4.98 Å². The summed E-state index contributed by atoms with van der Waals surface area (Å²) in [5.74, 6) is 0. The summed E-state index contributed by atoms with van der Waals surface area (Å²) in [5, 5.41) is 2.95. The average Bonchev–Trinajstić information content (AvgIpc) is 2.47. The number of carbonyl (C=O) groups excluding carboxylic acids is 1. The molecule has 2 rings (SSSR count). The minimum Gasteiger partial charge on any atom is -0.331 e. The molecule has 2 N–H and O–H groups in total. The molecule has 1 atom stereocenters. The fourth-order valence-electron chi connectivity index (χ4n) is 2.52. The number of piperidine rings is 1. The van der Waals surface area contributed by atoms with E-state index in [9.17, 15) is 13.2 Å². The minimum atomic E-state index is -3.19. The Hall–Kier alpha value is -1.67. The summed E-state index contributed by atoms with van der Waals surface area (Å²) >= 11 is 0. The number of hydrogen-bond acceptors (Lipinski definition) is 4. The van der Waals surface area contributed by atoms with Gasteiger partial charge < -0.3 is 10.2 Å². The van der Waals surface area contributed by atoms with Crippen LogP contribution in [0.5, 0.6) is 0 Å². The summed E-state index contributed by atoms with van der Waals surface area (Å²) in [7, 11) is -3.19. The Morgan fingerprint density at radius 2 is 1.91 bits per heavy atom. The van der Waals surface area contributed by atoms with Gasteiger partial charge in [0.25, 0.3) is 0 Å². The molecular formula is C14H22N4O3S. The second-order valence-electron chi connectivity index (χ2n) is 5.60. The first-order chi connectivity index (χ1) is 10.3. The van der Waals surface area contributed by atoms with Gasteiger partial charge in [0.15, 0.2) is 0 Å². The van der Waals surface area contributed by atoms with Gasteiger partial charge in [0.1, 0.15) is 0 Å². The predicted octanol–water partition coefficient (Wildman–Crippen LogP) is 0.866. The first-order valence-electron chi connectivity index (χ1n) is 7.28. The van der Waals surface area contributed by atoms with Crippen LogP contribution in [0.3, 0.4) is 0 Å². The smallest absolute Gasteiger partial charge is 0.317 e. The molecule has 1 aromatic heterocycles. The zero-order valence-electron chi connectivity index (χ0n) is 12.8. The van der Waals surface area contributed by atoms with Crippen LogP contribution in [0.1, 0.15) is 31.4 Å². The Labute approximate surface area is 131 Å². The molecule has 0 aliphatic carbocycles. The maximum atomic E-state index is 12.2. The standard InChI is InChI=1S/C14H22N4O3S/c1-11(12-3-7-15-8-4-12)16-14(19)18-9-5-13(6-10-18)17-22(2,20)21/h3-4,7-8,11,13,17H,5-6,9-10H2,1-2H3,(H,16,19)/t11-/m1/s1. The van der Waals surface area contributed by atoms with Crippen LogP contribution in [-0.4, -0.2) is 49.7 Å². The molecular weight excluding hydrogens is 304 g/mol. The van der Waals surface area contributed by atoms with Crippen LogP contribution in [0, 0.1) is 0 Å². The van der Waals surface area contributed by atoms with Crippen molar-refractivity contribution in [2.24, 2.45) is 0 Å². The molecule has 1 fully saturated rings. The lowest BCUT2D eigenvalue weighted by Crippen LogP contribution is -2.49. The van der Waals surface area contributed by atoms with E-state index in [1.54, 1.807) is 17.3 Å². The van der Waals surface area contributed by atoms with Crippen molar-refractivity contribution in [2.75, 3.05) is 19.3 Å².